The number of carbonyl (C=O) groups excluding carboxylic acids is 1. The number of piperidine rings is 1. The molecule has 2 fully saturated rings. The Morgan fingerprint density at radius 2 is 1.57 bits per heavy atom. The summed E-state index contributed by atoms with van der Waals surface area (Å²) in [6.45, 7) is 4.05. The summed E-state index contributed by atoms with van der Waals surface area (Å²) in [5.41, 5.74) is 1.56. The highest BCUT2D eigenvalue weighted by molar-refractivity contribution is 5.91. The summed E-state index contributed by atoms with van der Waals surface area (Å²) in [5.74, 6) is 1.04. The molecule has 8 heteroatoms. The maximum absolute atomic E-state index is 13.1. The van der Waals surface area contributed by atoms with Gasteiger partial charge in [0.2, 0.25) is 5.82 Å². The van der Waals surface area contributed by atoms with Gasteiger partial charge in [0.1, 0.15) is 17.3 Å². The summed E-state index contributed by atoms with van der Waals surface area (Å²) >= 11 is 0. The standard InChI is InChI=1S/C27H30FN4O2.ClH/c1-32(18-2-3-19-32)22-13-16-31(17-14-22)27(33)26-29-15-12-25(30-26)20-4-8-23(9-5-20)34-24-10-6-21(28)7-11-24;/h4-12,15,22H,2-3,13-14,16-19H2,1H3;1H/q+1;/p-1. The number of benzene rings is 2. The number of nitrogens with zero attached hydrogens (tertiary/aromatic N) is 4. The smallest absolute Gasteiger partial charge is 0.291 e. The number of carbonyl (C=O) groups is 1. The Balaban J connectivity index is 0.00000289. The highest BCUT2D eigenvalue weighted by Crippen LogP contribution is 2.29. The average Bonchev–Trinajstić information content (AvgIpc) is 3.33. The molecule has 3 aromatic rings. The maximum Gasteiger partial charge on any atom is 0.291 e. The van der Waals surface area contributed by atoms with Crippen LogP contribution in [0.2, 0.25) is 0 Å². The van der Waals surface area contributed by atoms with Gasteiger partial charge in [-0.25, -0.2) is 14.4 Å². The molecule has 0 bridgehead atoms. The number of hydrogen-bond acceptors (Lipinski definition) is 4. The Morgan fingerprint density at radius 3 is 2.20 bits per heavy atom. The van der Waals surface area contributed by atoms with Crippen LogP contribution in [0.15, 0.2) is 60.8 Å². The minimum Gasteiger partial charge on any atom is -1.00 e. The Morgan fingerprint density at radius 1 is 0.971 bits per heavy atom. The Bertz CT molecular complexity index is 1140. The zero-order valence-electron chi connectivity index (χ0n) is 19.9. The molecule has 0 aliphatic carbocycles. The van der Waals surface area contributed by atoms with Gasteiger partial charge in [-0.2, -0.15) is 0 Å². The van der Waals surface area contributed by atoms with E-state index in [-0.39, 0.29) is 30.0 Å². The van der Waals surface area contributed by atoms with E-state index in [1.165, 1.54) is 38.1 Å². The molecule has 2 aliphatic heterocycles. The maximum atomic E-state index is 13.1. The van der Waals surface area contributed by atoms with Crippen molar-refractivity contribution >= 4 is 5.91 Å². The van der Waals surface area contributed by atoms with Crippen LogP contribution in [0.25, 0.3) is 11.3 Å². The summed E-state index contributed by atoms with van der Waals surface area (Å²) in [6, 6.07) is 15.8. The molecule has 1 amide bonds. The van der Waals surface area contributed by atoms with Crippen LogP contribution < -0.4 is 17.1 Å². The lowest BCUT2D eigenvalue weighted by Crippen LogP contribution is -3.00. The first kappa shape index (κ1) is 25.1. The summed E-state index contributed by atoms with van der Waals surface area (Å²) in [7, 11) is 2.37. The zero-order chi connectivity index (χ0) is 23.5. The minimum atomic E-state index is -0.302. The van der Waals surface area contributed by atoms with Crippen molar-refractivity contribution in [2.75, 3.05) is 33.2 Å². The molecule has 1 aromatic heterocycles. The molecule has 35 heavy (non-hydrogen) atoms. The van der Waals surface area contributed by atoms with Crippen LogP contribution in [0.4, 0.5) is 4.39 Å². The molecule has 184 valence electrons. The van der Waals surface area contributed by atoms with E-state index in [0.29, 0.717) is 23.2 Å². The number of likely N-dealkylation sites (tertiary alicyclic amines) is 2. The van der Waals surface area contributed by atoms with Crippen LogP contribution in [0.1, 0.15) is 36.3 Å². The molecule has 0 N–H and O–H groups in total. The van der Waals surface area contributed by atoms with Crippen molar-refractivity contribution in [1.82, 2.24) is 14.9 Å². The largest absolute Gasteiger partial charge is 1.00 e. The molecule has 0 saturated carbocycles. The second-order valence-corrected chi connectivity index (χ2v) is 9.50. The quantitative estimate of drug-likeness (QED) is 0.506. The summed E-state index contributed by atoms with van der Waals surface area (Å²) in [6.07, 6.45) is 6.35. The van der Waals surface area contributed by atoms with Crippen molar-refractivity contribution in [3.05, 3.63) is 72.4 Å². The van der Waals surface area contributed by atoms with E-state index in [9.17, 15) is 9.18 Å². The van der Waals surface area contributed by atoms with E-state index in [2.05, 4.69) is 17.0 Å². The molecule has 0 unspecified atom stereocenters. The van der Waals surface area contributed by atoms with Crippen molar-refractivity contribution in [2.24, 2.45) is 0 Å². The number of amides is 1. The predicted molar refractivity (Wildman–Crippen MR) is 128 cm³/mol. The molecule has 3 heterocycles. The van der Waals surface area contributed by atoms with Gasteiger partial charge in [-0.1, -0.05) is 0 Å². The fraction of sp³-hybridized carbons (Fsp3) is 0.370. The normalized spacial score (nSPS) is 17.6. The van der Waals surface area contributed by atoms with Crippen LogP contribution in [0, 0.1) is 5.82 Å². The summed E-state index contributed by atoms with van der Waals surface area (Å²) in [4.78, 5) is 23.9. The highest BCUT2D eigenvalue weighted by atomic mass is 35.5. The van der Waals surface area contributed by atoms with Crippen molar-refractivity contribution < 1.29 is 30.8 Å². The van der Waals surface area contributed by atoms with Crippen molar-refractivity contribution in [2.45, 2.75) is 31.7 Å². The van der Waals surface area contributed by atoms with Gasteiger partial charge in [0.05, 0.1) is 31.9 Å². The molecule has 6 nitrogen and oxygen atoms in total. The van der Waals surface area contributed by atoms with E-state index in [1.54, 1.807) is 24.4 Å². The van der Waals surface area contributed by atoms with Gasteiger partial charge in [-0.05, 0) is 54.6 Å². The van der Waals surface area contributed by atoms with Crippen LogP contribution >= 0.6 is 0 Å². The van der Waals surface area contributed by atoms with Gasteiger partial charge in [0.15, 0.2) is 0 Å². The Labute approximate surface area is 211 Å². The SMILES string of the molecule is C[N+]1(C2CCN(C(=O)c3nccc(-c4ccc(Oc5ccc(F)cc5)cc4)n3)CC2)CCCC1.[Cl-]. The Hall–Kier alpha value is -3.03. The van der Waals surface area contributed by atoms with E-state index < -0.39 is 0 Å². The number of halogens is 2. The van der Waals surface area contributed by atoms with Gasteiger partial charge in [-0.3, -0.25) is 4.79 Å². The molecule has 2 aliphatic rings. The molecule has 0 spiro atoms. The van der Waals surface area contributed by atoms with Crippen LogP contribution in [-0.2, 0) is 0 Å². The van der Waals surface area contributed by atoms with Crippen LogP contribution in [0.5, 0.6) is 11.5 Å². The lowest BCUT2D eigenvalue weighted by molar-refractivity contribution is -0.923. The Kier molecular flexibility index (Phi) is 7.67. The molecule has 5 rings (SSSR count). The van der Waals surface area contributed by atoms with Gasteiger partial charge >= 0.3 is 0 Å². The lowest BCUT2D eigenvalue weighted by Gasteiger charge is -2.42. The third-order valence-electron chi connectivity index (χ3n) is 7.27. The monoisotopic (exact) mass is 496 g/mol. The second-order valence-electron chi connectivity index (χ2n) is 9.50. The molecule has 2 saturated heterocycles. The number of quaternary nitrogens is 1. The topological polar surface area (TPSA) is 55.3 Å². The van der Waals surface area contributed by atoms with Crippen molar-refractivity contribution in [3.8, 4) is 22.8 Å². The molecular weight excluding hydrogens is 467 g/mol. The zero-order valence-corrected chi connectivity index (χ0v) is 20.6. The van der Waals surface area contributed by atoms with Gasteiger partial charge in [0, 0.05) is 50.5 Å². The molecule has 2 aromatic carbocycles. The average molecular weight is 497 g/mol. The van der Waals surface area contributed by atoms with E-state index in [4.69, 9.17) is 4.74 Å². The van der Waals surface area contributed by atoms with Gasteiger partial charge in [0.25, 0.3) is 5.91 Å². The molecule has 0 radical (unpaired) electrons. The molecule has 0 atom stereocenters. The van der Waals surface area contributed by atoms with Crippen molar-refractivity contribution in [1.29, 1.82) is 0 Å². The van der Waals surface area contributed by atoms with Crippen LogP contribution in [0.3, 0.4) is 0 Å². The first-order valence-electron chi connectivity index (χ1n) is 12.0. The summed E-state index contributed by atoms with van der Waals surface area (Å²) in [5, 5.41) is 0. The minimum absolute atomic E-state index is 0. The van der Waals surface area contributed by atoms with Crippen LogP contribution in [-0.4, -0.2) is 64.5 Å². The lowest BCUT2D eigenvalue weighted by atomic mass is 10.0. The fourth-order valence-electron chi connectivity index (χ4n) is 5.21. The van der Waals surface area contributed by atoms with Crippen molar-refractivity contribution in [3.63, 3.8) is 0 Å². The fourth-order valence-corrected chi connectivity index (χ4v) is 5.21. The molecular formula is C27H30ClFN4O2. The number of ether oxygens (including phenoxy) is 1. The van der Waals surface area contributed by atoms with Gasteiger partial charge < -0.3 is 26.5 Å². The number of hydrogen-bond donors (Lipinski definition) is 0. The number of aromatic nitrogens is 2. The first-order chi connectivity index (χ1) is 16.5. The van der Waals surface area contributed by atoms with E-state index in [1.807, 2.05) is 29.2 Å². The third kappa shape index (κ3) is 5.63. The third-order valence-corrected chi connectivity index (χ3v) is 7.27. The predicted octanol–water partition coefficient (Wildman–Crippen LogP) is 1.92. The number of rotatable bonds is 5. The van der Waals surface area contributed by atoms with Gasteiger partial charge in [-0.15, -0.1) is 0 Å². The summed E-state index contributed by atoms with van der Waals surface area (Å²) < 4.78 is 20.0. The second kappa shape index (κ2) is 10.7. The van der Waals surface area contributed by atoms with E-state index in [0.717, 1.165) is 36.0 Å². The van der Waals surface area contributed by atoms with E-state index >= 15 is 0 Å². The first-order valence-corrected chi connectivity index (χ1v) is 12.0. The highest BCUT2D eigenvalue weighted by Gasteiger charge is 2.38.